The van der Waals surface area contributed by atoms with Crippen LogP contribution in [0.15, 0.2) is 0 Å². The van der Waals surface area contributed by atoms with Crippen LogP contribution < -0.4 is 0 Å². The summed E-state index contributed by atoms with van der Waals surface area (Å²) in [6, 6.07) is 2.53. The highest BCUT2D eigenvalue weighted by atomic mass is 28.4. The number of hydrogen-bond donors (Lipinski definition) is 0. The SMILES string of the molecule is CCO[Si](C)(C)CCC(C)(C)CC(C)(C)CC[Si](C)(C)OCC. The molecular weight excluding hydrogens is 316 g/mol. The van der Waals surface area contributed by atoms with Gasteiger partial charge in [-0.05, 0) is 82.2 Å². The van der Waals surface area contributed by atoms with Crippen LogP contribution in [0.1, 0.15) is 60.8 Å². The molecule has 0 aliphatic carbocycles. The minimum Gasteiger partial charge on any atom is -0.418 e. The lowest BCUT2D eigenvalue weighted by atomic mass is 9.72. The van der Waals surface area contributed by atoms with Gasteiger partial charge >= 0.3 is 0 Å². The molecule has 2 nitrogen and oxygen atoms in total. The third-order valence-electron chi connectivity index (χ3n) is 4.83. The normalized spacial score (nSPS) is 14.3. The molecule has 0 aromatic heterocycles. The molecule has 0 aromatic rings. The van der Waals surface area contributed by atoms with Crippen LogP contribution in [-0.4, -0.2) is 29.8 Å². The fourth-order valence-corrected chi connectivity index (χ4v) is 8.09. The Kier molecular flexibility index (Phi) is 9.30. The van der Waals surface area contributed by atoms with Crippen LogP contribution >= 0.6 is 0 Å². The molecule has 0 rings (SSSR count). The first-order valence-corrected chi connectivity index (χ1v) is 15.8. The van der Waals surface area contributed by atoms with Crippen LogP contribution in [0, 0.1) is 10.8 Å². The average Bonchev–Trinajstić information content (AvgIpc) is 2.34. The quantitative estimate of drug-likeness (QED) is 0.361. The molecule has 140 valence electrons. The highest BCUT2D eigenvalue weighted by Gasteiger charge is 2.33. The molecule has 0 spiro atoms. The smallest absolute Gasteiger partial charge is 0.186 e. The summed E-state index contributed by atoms with van der Waals surface area (Å²) in [6.07, 6.45) is 3.84. The van der Waals surface area contributed by atoms with Gasteiger partial charge in [0.1, 0.15) is 0 Å². The van der Waals surface area contributed by atoms with E-state index in [-0.39, 0.29) is 0 Å². The lowest BCUT2D eigenvalue weighted by Crippen LogP contribution is -2.34. The zero-order chi connectivity index (χ0) is 18.4. The maximum atomic E-state index is 6.00. The minimum absolute atomic E-state index is 0.391. The first kappa shape index (κ1) is 23.4. The van der Waals surface area contributed by atoms with Gasteiger partial charge in [-0.1, -0.05) is 27.7 Å². The van der Waals surface area contributed by atoms with Crippen molar-refractivity contribution in [1.29, 1.82) is 0 Å². The number of hydrogen-bond acceptors (Lipinski definition) is 2. The molecule has 4 heteroatoms. The summed E-state index contributed by atoms with van der Waals surface area (Å²) >= 11 is 0. The van der Waals surface area contributed by atoms with Crippen molar-refractivity contribution < 1.29 is 8.85 Å². The molecule has 0 aliphatic rings. The molecule has 0 fully saturated rings. The van der Waals surface area contributed by atoms with Gasteiger partial charge in [0.2, 0.25) is 0 Å². The van der Waals surface area contributed by atoms with Crippen molar-refractivity contribution in [3.63, 3.8) is 0 Å². The zero-order valence-electron chi connectivity index (χ0n) is 17.8. The van der Waals surface area contributed by atoms with Crippen molar-refractivity contribution in [3.05, 3.63) is 0 Å². The molecular formula is C19H44O2Si2. The van der Waals surface area contributed by atoms with Crippen LogP contribution in [0.4, 0.5) is 0 Å². The Bertz CT molecular complexity index is 304. The Morgan fingerprint density at radius 2 is 0.957 bits per heavy atom. The van der Waals surface area contributed by atoms with Crippen molar-refractivity contribution in [2.24, 2.45) is 10.8 Å². The van der Waals surface area contributed by atoms with Crippen LogP contribution in [0.5, 0.6) is 0 Å². The second kappa shape index (κ2) is 9.16. The summed E-state index contributed by atoms with van der Waals surface area (Å²) in [7, 11) is -2.92. The summed E-state index contributed by atoms with van der Waals surface area (Å²) in [5.74, 6) is 0. The Morgan fingerprint density at radius 3 is 1.22 bits per heavy atom. The third-order valence-corrected chi connectivity index (χ3v) is 9.88. The Hall–Kier alpha value is 0.354. The van der Waals surface area contributed by atoms with E-state index in [2.05, 4.69) is 67.7 Å². The minimum atomic E-state index is -1.46. The van der Waals surface area contributed by atoms with Crippen LogP contribution in [0.2, 0.25) is 38.3 Å². The molecule has 0 atom stereocenters. The maximum absolute atomic E-state index is 6.00. The van der Waals surface area contributed by atoms with Crippen LogP contribution in [0.3, 0.4) is 0 Å². The molecule has 23 heavy (non-hydrogen) atoms. The molecule has 0 saturated carbocycles. The van der Waals surface area contributed by atoms with Gasteiger partial charge in [-0.2, -0.15) is 0 Å². The van der Waals surface area contributed by atoms with E-state index in [1.54, 1.807) is 0 Å². The van der Waals surface area contributed by atoms with E-state index < -0.39 is 16.6 Å². The van der Waals surface area contributed by atoms with Gasteiger partial charge in [-0.3, -0.25) is 0 Å². The fourth-order valence-electron chi connectivity index (χ4n) is 3.68. The van der Waals surface area contributed by atoms with Gasteiger partial charge in [0.15, 0.2) is 16.6 Å². The van der Waals surface area contributed by atoms with E-state index in [1.165, 1.54) is 31.4 Å². The van der Waals surface area contributed by atoms with Crippen molar-refractivity contribution in [2.75, 3.05) is 13.2 Å². The standard InChI is InChI=1S/C19H44O2Si2/c1-11-20-22(7,8)15-13-18(3,4)17-19(5,6)14-16-23(9,10)21-12-2/h11-17H2,1-10H3. The summed E-state index contributed by atoms with van der Waals surface area (Å²) in [5, 5.41) is 0. The maximum Gasteiger partial charge on any atom is 0.186 e. The van der Waals surface area contributed by atoms with Gasteiger partial charge in [-0.25, -0.2) is 0 Å². The van der Waals surface area contributed by atoms with Crippen LogP contribution in [0.25, 0.3) is 0 Å². The van der Waals surface area contributed by atoms with E-state index in [0.717, 1.165) is 13.2 Å². The summed E-state index contributed by atoms with van der Waals surface area (Å²) in [6.45, 7) is 25.1. The van der Waals surface area contributed by atoms with Gasteiger partial charge in [0.05, 0.1) is 0 Å². The Morgan fingerprint density at radius 1 is 0.652 bits per heavy atom. The second-order valence-electron chi connectivity index (χ2n) is 9.89. The third kappa shape index (κ3) is 11.5. The molecule has 0 aromatic carbocycles. The van der Waals surface area contributed by atoms with Crippen LogP contribution in [-0.2, 0) is 8.85 Å². The van der Waals surface area contributed by atoms with E-state index in [1.807, 2.05) is 0 Å². The molecule has 0 unspecified atom stereocenters. The molecule has 0 N–H and O–H groups in total. The summed E-state index contributed by atoms with van der Waals surface area (Å²) in [5.41, 5.74) is 0.782. The van der Waals surface area contributed by atoms with Gasteiger partial charge in [0, 0.05) is 13.2 Å². The highest BCUT2D eigenvalue weighted by molar-refractivity contribution is 6.71. The first-order valence-electron chi connectivity index (χ1n) is 9.52. The zero-order valence-corrected chi connectivity index (χ0v) is 19.8. The lowest BCUT2D eigenvalue weighted by molar-refractivity contribution is 0.177. The Balaban J connectivity index is 4.50. The van der Waals surface area contributed by atoms with Gasteiger partial charge in [0.25, 0.3) is 0 Å². The van der Waals surface area contributed by atoms with Gasteiger partial charge < -0.3 is 8.85 Å². The highest BCUT2D eigenvalue weighted by Crippen LogP contribution is 2.42. The van der Waals surface area contributed by atoms with Crippen molar-refractivity contribution in [3.8, 4) is 0 Å². The molecule has 0 aliphatic heterocycles. The molecule has 0 radical (unpaired) electrons. The van der Waals surface area contributed by atoms with E-state index >= 15 is 0 Å². The van der Waals surface area contributed by atoms with Crippen molar-refractivity contribution in [2.45, 2.75) is 99.1 Å². The molecule has 0 saturated heterocycles. The molecule has 0 amide bonds. The Labute approximate surface area is 149 Å². The lowest BCUT2D eigenvalue weighted by Gasteiger charge is -2.38. The predicted octanol–water partition coefficient (Wildman–Crippen LogP) is 6.69. The predicted molar refractivity (Wildman–Crippen MR) is 109 cm³/mol. The van der Waals surface area contributed by atoms with E-state index in [4.69, 9.17) is 8.85 Å². The first-order chi connectivity index (χ1) is 10.2. The summed E-state index contributed by atoms with van der Waals surface area (Å²) in [4.78, 5) is 0. The topological polar surface area (TPSA) is 18.5 Å². The van der Waals surface area contributed by atoms with E-state index in [9.17, 15) is 0 Å². The number of rotatable bonds is 12. The average molecular weight is 361 g/mol. The molecule has 0 bridgehead atoms. The second-order valence-corrected chi connectivity index (χ2v) is 18.5. The monoisotopic (exact) mass is 360 g/mol. The van der Waals surface area contributed by atoms with Crippen molar-refractivity contribution >= 4 is 16.6 Å². The molecule has 0 heterocycles. The van der Waals surface area contributed by atoms with Gasteiger partial charge in [-0.15, -0.1) is 0 Å². The van der Waals surface area contributed by atoms with E-state index in [0.29, 0.717) is 10.8 Å². The fraction of sp³-hybridized carbons (Fsp3) is 1.00. The summed E-state index contributed by atoms with van der Waals surface area (Å²) < 4.78 is 12.0. The van der Waals surface area contributed by atoms with Crippen molar-refractivity contribution in [1.82, 2.24) is 0 Å². The largest absolute Gasteiger partial charge is 0.418 e.